The van der Waals surface area contributed by atoms with Crippen LogP contribution in [0.25, 0.3) is 21.5 Å². The molecule has 0 radical (unpaired) electrons. The van der Waals surface area contributed by atoms with Crippen LogP contribution in [0.1, 0.15) is 15.2 Å². The third kappa shape index (κ3) is 3.41. The van der Waals surface area contributed by atoms with Gasteiger partial charge in [0.15, 0.2) is 0 Å². The molecule has 2 aromatic heterocycles. The zero-order chi connectivity index (χ0) is 18.8. The number of fused-ring (bicyclic) bond motifs is 1. The third-order valence-corrected chi connectivity index (χ3v) is 5.57. The van der Waals surface area contributed by atoms with Crippen molar-refractivity contribution in [1.82, 2.24) is 9.88 Å². The van der Waals surface area contributed by atoms with Crippen molar-refractivity contribution in [3.63, 3.8) is 0 Å². The van der Waals surface area contributed by atoms with E-state index in [-0.39, 0.29) is 5.91 Å². The van der Waals surface area contributed by atoms with Gasteiger partial charge in [-0.2, -0.15) is 0 Å². The quantitative estimate of drug-likeness (QED) is 0.558. The number of carbonyl (C=O) groups is 1. The zero-order valence-corrected chi connectivity index (χ0v) is 15.7. The average Bonchev–Trinajstić information content (AvgIpc) is 3.04. The Morgan fingerprint density at radius 1 is 1.00 bits per heavy atom. The lowest BCUT2D eigenvalue weighted by Crippen LogP contribution is -2.26. The van der Waals surface area contributed by atoms with Crippen LogP contribution in [0.3, 0.4) is 0 Å². The molecule has 0 unspecified atom stereocenters. The Kier molecular flexibility index (Phi) is 4.60. The van der Waals surface area contributed by atoms with Crippen LogP contribution in [0.15, 0.2) is 72.8 Å². The molecule has 2 heterocycles. The van der Waals surface area contributed by atoms with Gasteiger partial charge in [0.2, 0.25) is 0 Å². The highest BCUT2D eigenvalue weighted by Gasteiger charge is 2.21. The molecule has 0 fully saturated rings. The van der Waals surface area contributed by atoms with E-state index in [1.807, 2.05) is 72.8 Å². The van der Waals surface area contributed by atoms with E-state index in [1.54, 1.807) is 11.9 Å². The molecule has 27 heavy (non-hydrogen) atoms. The fourth-order valence-corrected chi connectivity index (χ4v) is 4.12. The maximum absolute atomic E-state index is 12.9. The van der Waals surface area contributed by atoms with E-state index in [4.69, 9.17) is 10.7 Å². The molecule has 0 aliphatic carbocycles. The van der Waals surface area contributed by atoms with Gasteiger partial charge in [-0.15, -0.1) is 11.3 Å². The Balaban J connectivity index is 1.65. The van der Waals surface area contributed by atoms with E-state index in [2.05, 4.69) is 0 Å². The monoisotopic (exact) mass is 373 g/mol. The minimum atomic E-state index is -0.0828. The Labute approximate surface area is 161 Å². The lowest BCUT2D eigenvalue weighted by molar-refractivity contribution is 0.0791. The van der Waals surface area contributed by atoms with Crippen LogP contribution in [-0.2, 0) is 6.54 Å². The standard InChI is InChI=1S/C22H19N3OS/c1-25(14-15-8-4-2-5-9-15)22(26)20-19(23)17-12-13-18(24-21(17)27-20)16-10-6-3-7-11-16/h2-13H,14,23H2,1H3. The predicted octanol–water partition coefficient (Wildman–Crippen LogP) is 4.82. The normalized spacial score (nSPS) is 10.9. The first-order valence-electron chi connectivity index (χ1n) is 8.67. The van der Waals surface area contributed by atoms with Crippen LogP contribution in [-0.4, -0.2) is 22.8 Å². The number of pyridine rings is 1. The van der Waals surface area contributed by atoms with Crippen LogP contribution in [0.5, 0.6) is 0 Å². The second-order valence-corrected chi connectivity index (χ2v) is 7.41. The molecule has 0 aliphatic rings. The predicted molar refractivity (Wildman–Crippen MR) is 112 cm³/mol. The number of rotatable bonds is 4. The highest BCUT2D eigenvalue weighted by Crippen LogP contribution is 2.35. The van der Waals surface area contributed by atoms with Crippen molar-refractivity contribution in [2.24, 2.45) is 0 Å². The minimum Gasteiger partial charge on any atom is -0.397 e. The van der Waals surface area contributed by atoms with Gasteiger partial charge in [0, 0.05) is 24.5 Å². The van der Waals surface area contributed by atoms with Gasteiger partial charge in [-0.05, 0) is 17.7 Å². The van der Waals surface area contributed by atoms with Gasteiger partial charge >= 0.3 is 0 Å². The second-order valence-electron chi connectivity index (χ2n) is 6.41. The van der Waals surface area contributed by atoms with Crippen molar-refractivity contribution in [3.05, 3.63) is 83.2 Å². The third-order valence-electron chi connectivity index (χ3n) is 4.47. The second kappa shape index (κ2) is 7.21. The van der Waals surface area contributed by atoms with Crippen LogP contribution in [0, 0.1) is 0 Å². The maximum Gasteiger partial charge on any atom is 0.266 e. The van der Waals surface area contributed by atoms with E-state index >= 15 is 0 Å². The summed E-state index contributed by atoms with van der Waals surface area (Å²) in [6.45, 7) is 0.538. The Morgan fingerprint density at radius 3 is 2.37 bits per heavy atom. The van der Waals surface area contributed by atoms with Crippen molar-refractivity contribution in [3.8, 4) is 11.3 Å². The number of carbonyl (C=O) groups excluding carboxylic acids is 1. The van der Waals surface area contributed by atoms with Crippen molar-refractivity contribution < 1.29 is 4.79 Å². The molecule has 4 aromatic rings. The molecule has 134 valence electrons. The topological polar surface area (TPSA) is 59.2 Å². The average molecular weight is 373 g/mol. The maximum atomic E-state index is 12.9. The van der Waals surface area contributed by atoms with Crippen LogP contribution < -0.4 is 5.73 Å². The molecule has 4 rings (SSSR count). The molecule has 5 heteroatoms. The van der Waals surface area contributed by atoms with Gasteiger partial charge in [-0.25, -0.2) is 4.98 Å². The molecular formula is C22H19N3OS. The van der Waals surface area contributed by atoms with Gasteiger partial charge < -0.3 is 10.6 Å². The SMILES string of the molecule is CN(Cc1ccccc1)C(=O)c1sc2nc(-c3ccccc3)ccc2c1N. The van der Waals surface area contributed by atoms with E-state index in [1.165, 1.54) is 11.3 Å². The van der Waals surface area contributed by atoms with Crippen molar-refractivity contribution in [2.75, 3.05) is 12.8 Å². The number of thiophene rings is 1. The van der Waals surface area contributed by atoms with Crippen LogP contribution in [0.4, 0.5) is 5.69 Å². The first-order valence-corrected chi connectivity index (χ1v) is 9.49. The molecule has 0 bridgehead atoms. The summed E-state index contributed by atoms with van der Waals surface area (Å²) in [7, 11) is 1.79. The van der Waals surface area contributed by atoms with Gasteiger partial charge in [-0.1, -0.05) is 60.7 Å². The molecular weight excluding hydrogens is 354 g/mol. The van der Waals surface area contributed by atoms with Crippen LogP contribution >= 0.6 is 11.3 Å². The molecule has 2 aromatic carbocycles. The van der Waals surface area contributed by atoms with Crippen LogP contribution in [0.2, 0.25) is 0 Å². The molecule has 0 saturated heterocycles. The lowest BCUT2D eigenvalue weighted by Gasteiger charge is -2.16. The van der Waals surface area contributed by atoms with Gasteiger partial charge in [0.05, 0.1) is 11.4 Å². The summed E-state index contributed by atoms with van der Waals surface area (Å²) in [6, 6.07) is 23.8. The summed E-state index contributed by atoms with van der Waals surface area (Å²) >= 11 is 1.35. The summed E-state index contributed by atoms with van der Waals surface area (Å²) in [4.78, 5) is 20.7. The number of aromatic nitrogens is 1. The van der Waals surface area contributed by atoms with E-state index < -0.39 is 0 Å². The molecule has 0 aliphatic heterocycles. The highest BCUT2D eigenvalue weighted by atomic mass is 32.1. The Bertz CT molecular complexity index is 1090. The number of nitrogen functional groups attached to an aromatic ring is 1. The van der Waals surface area contributed by atoms with Gasteiger partial charge in [0.25, 0.3) is 5.91 Å². The number of amides is 1. The van der Waals surface area contributed by atoms with Crippen molar-refractivity contribution >= 4 is 33.1 Å². The van der Waals surface area contributed by atoms with Crippen molar-refractivity contribution in [1.29, 1.82) is 0 Å². The Morgan fingerprint density at radius 2 is 1.67 bits per heavy atom. The van der Waals surface area contributed by atoms with E-state index in [0.717, 1.165) is 27.0 Å². The van der Waals surface area contributed by atoms with Crippen molar-refractivity contribution in [2.45, 2.75) is 6.54 Å². The number of benzene rings is 2. The van der Waals surface area contributed by atoms with Gasteiger partial charge in [0.1, 0.15) is 9.71 Å². The summed E-state index contributed by atoms with van der Waals surface area (Å²) in [5.74, 6) is -0.0828. The van der Waals surface area contributed by atoms with E-state index in [0.29, 0.717) is 17.1 Å². The fourth-order valence-electron chi connectivity index (χ4n) is 3.03. The zero-order valence-electron chi connectivity index (χ0n) is 14.9. The molecule has 2 N–H and O–H groups in total. The largest absolute Gasteiger partial charge is 0.397 e. The summed E-state index contributed by atoms with van der Waals surface area (Å²) in [6.07, 6.45) is 0. The molecule has 1 amide bonds. The number of hydrogen-bond donors (Lipinski definition) is 1. The number of hydrogen-bond acceptors (Lipinski definition) is 4. The van der Waals surface area contributed by atoms with Gasteiger partial charge in [-0.3, -0.25) is 4.79 Å². The van der Waals surface area contributed by atoms with E-state index in [9.17, 15) is 4.79 Å². The molecule has 4 nitrogen and oxygen atoms in total. The summed E-state index contributed by atoms with van der Waals surface area (Å²) in [5.41, 5.74) is 9.79. The molecule has 0 spiro atoms. The lowest BCUT2D eigenvalue weighted by atomic mass is 10.1. The highest BCUT2D eigenvalue weighted by molar-refractivity contribution is 7.21. The summed E-state index contributed by atoms with van der Waals surface area (Å²) in [5, 5.41) is 0.830. The summed E-state index contributed by atoms with van der Waals surface area (Å²) < 4.78 is 0. The Hall–Kier alpha value is -3.18. The number of nitrogens with two attached hydrogens (primary N) is 1. The smallest absolute Gasteiger partial charge is 0.266 e. The molecule has 0 atom stereocenters. The minimum absolute atomic E-state index is 0.0828. The fraction of sp³-hybridized carbons (Fsp3) is 0.0909. The first kappa shape index (κ1) is 17.2. The number of nitrogens with zero attached hydrogens (tertiary/aromatic N) is 2. The molecule has 0 saturated carbocycles. The first-order chi connectivity index (χ1) is 13.1. The number of anilines is 1.